The van der Waals surface area contributed by atoms with Gasteiger partial charge in [0.15, 0.2) is 0 Å². The molecular formula is C4H14N2O3P2. The monoisotopic (exact) mass is 200 g/mol. The van der Waals surface area contributed by atoms with E-state index >= 15 is 0 Å². The Kier molecular flexibility index (Phi) is 6.34. The number of hydrogen-bond donors (Lipinski definition) is 4. The average molecular weight is 200 g/mol. The minimum atomic E-state index is -3.86. The third-order valence-electron chi connectivity index (χ3n) is 0.941. The highest BCUT2D eigenvalue weighted by molar-refractivity contribution is 7.51. The van der Waals surface area contributed by atoms with Crippen LogP contribution in [0.3, 0.4) is 0 Å². The molecule has 0 spiro atoms. The first-order valence-electron chi connectivity index (χ1n) is 3.22. The standard InChI is InChI=1S/C4H14N2O3P2/c7-11(8,9)4-6-2-1-5-3-10/h5-6H,1-4,10H2,(H2,7,8,9). The van der Waals surface area contributed by atoms with Gasteiger partial charge in [0.05, 0.1) is 6.29 Å². The second-order valence-electron chi connectivity index (χ2n) is 2.03. The molecule has 1 atom stereocenters. The predicted octanol–water partition coefficient (Wildman–Crippen LogP) is -0.867. The topological polar surface area (TPSA) is 81.6 Å². The van der Waals surface area contributed by atoms with E-state index in [4.69, 9.17) is 9.79 Å². The van der Waals surface area contributed by atoms with Crippen LogP contribution in [0.5, 0.6) is 0 Å². The maximum atomic E-state index is 10.3. The molecule has 0 aromatic heterocycles. The van der Waals surface area contributed by atoms with Gasteiger partial charge >= 0.3 is 7.60 Å². The van der Waals surface area contributed by atoms with Gasteiger partial charge in [0.2, 0.25) is 0 Å². The molecule has 0 saturated heterocycles. The van der Waals surface area contributed by atoms with Crippen LogP contribution in [0.1, 0.15) is 0 Å². The van der Waals surface area contributed by atoms with E-state index in [0.29, 0.717) is 13.1 Å². The van der Waals surface area contributed by atoms with E-state index in [1.165, 1.54) is 0 Å². The van der Waals surface area contributed by atoms with Crippen molar-refractivity contribution in [3.8, 4) is 0 Å². The molecule has 0 aromatic carbocycles. The molecule has 0 amide bonds. The Hall–Kier alpha value is 0.500. The summed E-state index contributed by atoms with van der Waals surface area (Å²) in [5.74, 6) is 0. The largest absolute Gasteiger partial charge is 0.339 e. The second kappa shape index (κ2) is 6.06. The van der Waals surface area contributed by atoms with Gasteiger partial charge < -0.3 is 20.4 Å². The Morgan fingerprint density at radius 1 is 1.27 bits per heavy atom. The van der Waals surface area contributed by atoms with Crippen LogP contribution in [-0.4, -0.2) is 35.4 Å². The van der Waals surface area contributed by atoms with Crippen molar-refractivity contribution in [3.63, 3.8) is 0 Å². The van der Waals surface area contributed by atoms with Crippen molar-refractivity contribution in [1.29, 1.82) is 0 Å². The number of nitrogens with one attached hydrogen (secondary N) is 2. The lowest BCUT2D eigenvalue weighted by molar-refractivity contribution is 0.368. The molecule has 1 unspecified atom stereocenters. The SMILES string of the molecule is O=P(O)(O)CNCCNCP. The van der Waals surface area contributed by atoms with Crippen molar-refractivity contribution in [2.24, 2.45) is 0 Å². The summed E-state index contributed by atoms with van der Waals surface area (Å²) in [6.07, 6.45) is 0.545. The zero-order valence-corrected chi connectivity index (χ0v) is 8.20. The summed E-state index contributed by atoms with van der Waals surface area (Å²) in [7, 11) is -1.36. The van der Waals surface area contributed by atoms with Gasteiger partial charge in [0, 0.05) is 19.4 Å². The minimum Gasteiger partial charge on any atom is -0.324 e. The van der Waals surface area contributed by atoms with E-state index < -0.39 is 7.60 Å². The van der Waals surface area contributed by atoms with E-state index in [9.17, 15) is 4.57 Å². The third-order valence-corrected chi connectivity index (χ3v) is 1.86. The van der Waals surface area contributed by atoms with Crippen molar-refractivity contribution in [2.45, 2.75) is 0 Å². The first-order chi connectivity index (χ1) is 5.06. The lowest BCUT2D eigenvalue weighted by Gasteiger charge is -2.05. The summed E-state index contributed by atoms with van der Waals surface area (Å²) >= 11 is 0. The molecule has 68 valence electrons. The summed E-state index contributed by atoms with van der Waals surface area (Å²) in [6, 6.07) is 0. The molecule has 0 aliphatic rings. The average Bonchev–Trinajstić information content (AvgIpc) is 1.85. The Morgan fingerprint density at radius 3 is 2.27 bits per heavy atom. The van der Waals surface area contributed by atoms with E-state index in [-0.39, 0.29) is 6.29 Å². The smallest absolute Gasteiger partial charge is 0.324 e. The highest BCUT2D eigenvalue weighted by Gasteiger charge is 2.10. The van der Waals surface area contributed by atoms with Crippen LogP contribution in [0.25, 0.3) is 0 Å². The predicted molar refractivity (Wildman–Crippen MR) is 47.5 cm³/mol. The van der Waals surface area contributed by atoms with Crippen molar-refractivity contribution in [1.82, 2.24) is 10.6 Å². The van der Waals surface area contributed by atoms with Crippen LogP contribution in [0.4, 0.5) is 0 Å². The van der Waals surface area contributed by atoms with Gasteiger partial charge in [-0.15, -0.1) is 9.24 Å². The van der Waals surface area contributed by atoms with Crippen LogP contribution in [0.15, 0.2) is 0 Å². The van der Waals surface area contributed by atoms with E-state index in [1.807, 2.05) is 0 Å². The summed E-state index contributed by atoms with van der Waals surface area (Å²) in [5.41, 5.74) is 0. The maximum absolute atomic E-state index is 10.3. The summed E-state index contributed by atoms with van der Waals surface area (Å²) in [6.45, 7) is 1.28. The Morgan fingerprint density at radius 2 is 1.82 bits per heavy atom. The molecule has 0 aromatic rings. The molecule has 0 aliphatic carbocycles. The molecule has 4 N–H and O–H groups in total. The van der Waals surface area contributed by atoms with Gasteiger partial charge in [0.25, 0.3) is 0 Å². The zero-order valence-electron chi connectivity index (χ0n) is 6.16. The van der Waals surface area contributed by atoms with E-state index in [1.54, 1.807) is 0 Å². The molecule has 0 bridgehead atoms. The van der Waals surface area contributed by atoms with E-state index in [2.05, 4.69) is 19.9 Å². The quantitative estimate of drug-likeness (QED) is 0.331. The molecule has 0 saturated carbocycles. The van der Waals surface area contributed by atoms with Crippen LogP contribution < -0.4 is 10.6 Å². The van der Waals surface area contributed by atoms with Crippen molar-refractivity contribution in [3.05, 3.63) is 0 Å². The maximum Gasteiger partial charge on any atom is 0.339 e. The summed E-state index contributed by atoms with van der Waals surface area (Å²) in [4.78, 5) is 16.8. The fourth-order valence-electron chi connectivity index (χ4n) is 0.504. The lowest BCUT2D eigenvalue weighted by Crippen LogP contribution is -2.27. The minimum absolute atomic E-state index is 0.245. The van der Waals surface area contributed by atoms with Crippen LogP contribution in [0, 0.1) is 0 Å². The molecule has 0 radical (unpaired) electrons. The molecule has 0 rings (SSSR count). The van der Waals surface area contributed by atoms with Crippen molar-refractivity contribution in [2.75, 3.05) is 25.7 Å². The highest BCUT2D eigenvalue weighted by Crippen LogP contribution is 2.31. The molecule has 11 heavy (non-hydrogen) atoms. The Balaban J connectivity index is 3.09. The fraction of sp³-hybridized carbons (Fsp3) is 1.00. The molecule has 0 aliphatic heterocycles. The first kappa shape index (κ1) is 11.5. The molecule has 5 nitrogen and oxygen atoms in total. The lowest BCUT2D eigenvalue weighted by atomic mass is 10.6. The second-order valence-corrected chi connectivity index (χ2v) is 4.08. The van der Waals surface area contributed by atoms with Crippen LogP contribution in [-0.2, 0) is 4.57 Å². The van der Waals surface area contributed by atoms with Gasteiger partial charge in [-0.1, -0.05) is 0 Å². The molecule has 7 heteroatoms. The number of hydrogen-bond acceptors (Lipinski definition) is 3. The van der Waals surface area contributed by atoms with Gasteiger partial charge in [-0.3, -0.25) is 4.57 Å². The van der Waals surface area contributed by atoms with Gasteiger partial charge in [-0.25, -0.2) is 0 Å². The first-order valence-corrected chi connectivity index (χ1v) is 5.84. The third kappa shape index (κ3) is 10.5. The highest BCUT2D eigenvalue weighted by atomic mass is 31.2. The van der Waals surface area contributed by atoms with Crippen LogP contribution >= 0.6 is 16.8 Å². The van der Waals surface area contributed by atoms with E-state index in [0.717, 1.165) is 6.29 Å². The Labute approximate surface area is 68.3 Å². The van der Waals surface area contributed by atoms with Crippen molar-refractivity contribution < 1.29 is 14.4 Å². The molecule has 0 fully saturated rings. The van der Waals surface area contributed by atoms with Gasteiger partial charge in [-0.2, -0.15) is 0 Å². The summed E-state index contributed by atoms with van der Waals surface area (Å²) < 4.78 is 10.3. The van der Waals surface area contributed by atoms with Crippen molar-refractivity contribution >= 4 is 16.8 Å². The molecule has 0 heterocycles. The van der Waals surface area contributed by atoms with Gasteiger partial charge in [0.1, 0.15) is 0 Å². The van der Waals surface area contributed by atoms with Crippen LogP contribution in [0.2, 0.25) is 0 Å². The number of rotatable bonds is 6. The Bertz CT molecular complexity index is 137. The summed E-state index contributed by atoms with van der Waals surface area (Å²) in [5, 5.41) is 5.61. The fourth-order valence-corrected chi connectivity index (χ4v) is 1.16. The zero-order chi connectivity index (χ0) is 8.74. The van der Waals surface area contributed by atoms with Gasteiger partial charge in [-0.05, 0) is 0 Å². The normalized spacial score (nSPS) is 11.9. The molecular weight excluding hydrogens is 186 g/mol.